The number of aliphatic hydroxyl groups is 1. The molecule has 2 heterocycles. The average Bonchev–Trinajstić information content (AvgIpc) is 2.59. The van der Waals surface area contributed by atoms with Crippen LogP contribution in [0.3, 0.4) is 0 Å². The summed E-state index contributed by atoms with van der Waals surface area (Å²) in [5.41, 5.74) is 7.34. The number of nitrogen functional groups attached to an aromatic ring is 1. The van der Waals surface area contributed by atoms with Gasteiger partial charge >= 0.3 is 0 Å². The van der Waals surface area contributed by atoms with Gasteiger partial charge in [-0.3, -0.25) is 0 Å². The third-order valence-corrected chi connectivity index (χ3v) is 4.97. The van der Waals surface area contributed by atoms with Crippen molar-refractivity contribution in [3.05, 3.63) is 43.1 Å². The van der Waals surface area contributed by atoms with Crippen LogP contribution in [-0.4, -0.2) is 10.1 Å². The highest BCUT2D eigenvalue weighted by Gasteiger charge is 2.19. The van der Waals surface area contributed by atoms with Gasteiger partial charge in [-0.25, -0.2) is 4.98 Å². The number of aromatic nitrogens is 1. The van der Waals surface area contributed by atoms with Crippen molar-refractivity contribution in [2.75, 3.05) is 5.73 Å². The standard InChI is InChI=1S/C11H10BrClN2OS/c1-5-2-3-15-11(14)8(5)9(16)7-4-6(12)10(13)17-7/h2-4,9,16H,1H3,(H2,14,15). The highest BCUT2D eigenvalue weighted by Crippen LogP contribution is 2.38. The first-order valence-corrected chi connectivity index (χ1v) is 6.83. The van der Waals surface area contributed by atoms with Crippen LogP contribution in [0.15, 0.2) is 22.8 Å². The summed E-state index contributed by atoms with van der Waals surface area (Å²) in [6.45, 7) is 1.89. The van der Waals surface area contributed by atoms with Crippen molar-refractivity contribution in [1.29, 1.82) is 0 Å². The SMILES string of the molecule is Cc1ccnc(N)c1C(O)c1cc(Br)c(Cl)s1. The van der Waals surface area contributed by atoms with E-state index in [0.717, 1.165) is 14.9 Å². The lowest BCUT2D eigenvalue weighted by Gasteiger charge is -2.13. The Balaban J connectivity index is 2.47. The number of aliphatic hydroxyl groups excluding tert-OH is 1. The molecule has 0 radical (unpaired) electrons. The van der Waals surface area contributed by atoms with Crippen LogP contribution < -0.4 is 5.73 Å². The van der Waals surface area contributed by atoms with Crippen LogP contribution in [0.2, 0.25) is 4.34 Å². The van der Waals surface area contributed by atoms with E-state index < -0.39 is 6.10 Å². The highest BCUT2D eigenvalue weighted by molar-refractivity contribution is 9.10. The molecule has 0 spiro atoms. The third-order valence-electron chi connectivity index (χ3n) is 2.45. The van der Waals surface area contributed by atoms with Crippen molar-refractivity contribution in [2.45, 2.75) is 13.0 Å². The molecule has 0 saturated carbocycles. The van der Waals surface area contributed by atoms with Gasteiger partial charge in [-0.1, -0.05) is 11.6 Å². The summed E-state index contributed by atoms with van der Waals surface area (Å²) in [5, 5.41) is 10.3. The van der Waals surface area contributed by atoms with Crippen LogP contribution in [0.1, 0.15) is 22.1 Å². The topological polar surface area (TPSA) is 59.1 Å². The Morgan fingerprint density at radius 1 is 1.59 bits per heavy atom. The molecule has 0 fully saturated rings. The lowest BCUT2D eigenvalue weighted by atomic mass is 10.0. The number of nitrogens with two attached hydrogens (primary N) is 1. The van der Waals surface area contributed by atoms with Crippen molar-refractivity contribution in [2.24, 2.45) is 0 Å². The lowest BCUT2D eigenvalue weighted by Crippen LogP contribution is -2.06. The Labute approximate surface area is 116 Å². The summed E-state index contributed by atoms with van der Waals surface area (Å²) in [7, 11) is 0. The Bertz CT molecular complexity index is 519. The van der Waals surface area contributed by atoms with Gasteiger partial charge in [0.2, 0.25) is 0 Å². The molecule has 90 valence electrons. The van der Waals surface area contributed by atoms with E-state index in [0.29, 0.717) is 15.7 Å². The van der Waals surface area contributed by atoms with Crippen molar-refractivity contribution < 1.29 is 5.11 Å². The third kappa shape index (κ3) is 2.47. The van der Waals surface area contributed by atoms with Gasteiger partial charge < -0.3 is 10.8 Å². The quantitative estimate of drug-likeness (QED) is 0.884. The molecule has 6 heteroatoms. The number of halogens is 2. The number of pyridine rings is 1. The molecule has 17 heavy (non-hydrogen) atoms. The number of nitrogens with zero attached hydrogens (tertiary/aromatic N) is 1. The average molecular weight is 334 g/mol. The van der Waals surface area contributed by atoms with Gasteiger partial charge in [-0.15, -0.1) is 11.3 Å². The number of rotatable bonds is 2. The zero-order valence-electron chi connectivity index (χ0n) is 8.95. The molecule has 2 aromatic heterocycles. The lowest BCUT2D eigenvalue weighted by molar-refractivity contribution is 0.224. The maximum absolute atomic E-state index is 10.3. The number of hydrogen-bond donors (Lipinski definition) is 2. The highest BCUT2D eigenvalue weighted by atomic mass is 79.9. The fourth-order valence-corrected chi connectivity index (χ4v) is 3.32. The van der Waals surface area contributed by atoms with Crippen molar-refractivity contribution in [3.8, 4) is 0 Å². The van der Waals surface area contributed by atoms with E-state index in [1.807, 2.05) is 13.0 Å². The van der Waals surface area contributed by atoms with Gasteiger partial charge in [-0.2, -0.15) is 0 Å². The second kappa shape index (κ2) is 4.94. The normalized spacial score (nSPS) is 12.7. The first kappa shape index (κ1) is 12.8. The molecule has 0 aliphatic heterocycles. The van der Waals surface area contributed by atoms with Gasteiger partial charge in [0.25, 0.3) is 0 Å². The second-order valence-corrected chi connectivity index (χ2v) is 6.14. The van der Waals surface area contributed by atoms with Crippen LogP contribution in [-0.2, 0) is 0 Å². The van der Waals surface area contributed by atoms with Gasteiger partial charge in [0, 0.05) is 21.1 Å². The summed E-state index contributed by atoms with van der Waals surface area (Å²) in [4.78, 5) is 4.73. The van der Waals surface area contributed by atoms with Crippen LogP contribution in [0.4, 0.5) is 5.82 Å². The van der Waals surface area contributed by atoms with Crippen molar-refractivity contribution in [3.63, 3.8) is 0 Å². The van der Waals surface area contributed by atoms with E-state index in [4.69, 9.17) is 17.3 Å². The van der Waals surface area contributed by atoms with Crippen molar-refractivity contribution >= 4 is 44.7 Å². The smallest absolute Gasteiger partial charge is 0.129 e. The Hall–Kier alpha value is -0.620. The molecule has 0 aromatic carbocycles. The minimum absolute atomic E-state index is 0.346. The van der Waals surface area contributed by atoms with Gasteiger partial charge in [0.15, 0.2) is 0 Å². The zero-order chi connectivity index (χ0) is 12.6. The van der Waals surface area contributed by atoms with E-state index in [1.54, 1.807) is 12.3 Å². The molecule has 1 unspecified atom stereocenters. The van der Waals surface area contributed by atoms with Gasteiger partial charge in [0.1, 0.15) is 16.3 Å². The monoisotopic (exact) mass is 332 g/mol. The number of anilines is 1. The predicted molar refractivity (Wildman–Crippen MR) is 74.5 cm³/mol. The van der Waals surface area contributed by atoms with E-state index in [2.05, 4.69) is 20.9 Å². The molecule has 0 aliphatic rings. The molecule has 2 rings (SSSR count). The Morgan fingerprint density at radius 3 is 2.82 bits per heavy atom. The summed E-state index contributed by atoms with van der Waals surface area (Å²) in [6, 6.07) is 3.61. The zero-order valence-corrected chi connectivity index (χ0v) is 12.1. The number of aryl methyl sites for hydroxylation is 1. The van der Waals surface area contributed by atoms with E-state index >= 15 is 0 Å². The molecule has 0 aliphatic carbocycles. The Kier molecular flexibility index (Phi) is 3.73. The molecular formula is C11H10BrClN2OS. The molecule has 1 atom stereocenters. The van der Waals surface area contributed by atoms with Gasteiger partial charge in [-0.05, 0) is 40.5 Å². The van der Waals surface area contributed by atoms with Crippen LogP contribution in [0.5, 0.6) is 0 Å². The second-order valence-electron chi connectivity index (χ2n) is 3.60. The van der Waals surface area contributed by atoms with Gasteiger partial charge in [0.05, 0.1) is 0 Å². The number of hydrogen-bond acceptors (Lipinski definition) is 4. The molecule has 0 saturated heterocycles. The van der Waals surface area contributed by atoms with Crippen LogP contribution in [0.25, 0.3) is 0 Å². The molecule has 0 bridgehead atoms. The van der Waals surface area contributed by atoms with E-state index in [-0.39, 0.29) is 0 Å². The molecular weight excluding hydrogens is 324 g/mol. The maximum atomic E-state index is 10.3. The summed E-state index contributed by atoms with van der Waals surface area (Å²) < 4.78 is 1.39. The van der Waals surface area contributed by atoms with Crippen LogP contribution >= 0.6 is 38.9 Å². The first-order valence-electron chi connectivity index (χ1n) is 4.84. The first-order chi connectivity index (χ1) is 8.00. The van der Waals surface area contributed by atoms with Crippen LogP contribution in [0, 0.1) is 6.92 Å². The predicted octanol–water partition coefficient (Wildman–Crippen LogP) is 3.53. The maximum Gasteiger partial charge on any atom is 0.129 e. The molecule has 3 nitrogen and oxygen atoms in total. The number of thiophene rings is 1. The fourth-order valence-electron chi connectivity index (χ4n) is 1.59. The molecule has 2 aromatic rings. The largest absolute Gasteiger partial charge is 0.383 e. The minimum atomic E-state index is -0.794. The van der Waals surface area contributed by atoms with Crippen molar-refractivity contribution in [1.82, 2.24) is 4.98 Å². The Morgan fingerprint density at radius 2 is 2.29 bits per heavy atom. The molecule has 0 amide bonds. The van der Waals surface area contributed by atoms with E-state index in [1.165, 1.54) is 11.3 Å². The van der Waals surface area contributed by atoms with E-state index in [9.17, 15) is 5.11 Å². The minimum Gasteiger partial charge on any atom is -0.383 e. The molecule has 3 N–H and O–H groups in total. The summed E-state index contributed by atoms with van der Waals surface area (Å²) in [6.07, 6.45) is 0.829. The summed E-state index contributed by atoms with van der Waals surface area (Å²) in [5.74, 6) is 0.346. The summed E-state index contributed by atoms with van der Waals surface area (Å²) >= 11 is 10.6. The fraction of sp³-hybridized carbons (Fsp3) is 0.182.